The first-order valence-corrected chi connectivity index (χ1v) is 8.76. The van der Waals surface area contributed by atoms with E-state index < -0.39 is 5.60 Å². The van der Waals surface area contributed by atoms with Gasteiger partial charge in [0.25, 0.3) is 0 Å². The number of hydrogen-bond acceptors (Lipinski definition) is 3. The molecule has 0 aromatic carbocycles. The minimum absolute atomic E-state index is 0.0684. The minimum atomic E-state index is -0.503. The second kappa shape index (κ2) is 7.27. The van der Waals surface area contributed by atoms with Crippen LogP contribution in [0.3, 0.4) is 0 Å². The van der Waals surface area contributed by atoms with Crippen LogP contribution in [0.5, 0.6) is 0 Å². The molecule has 2 aliphatic carbocycles. The smallest absolute Gasteiger partial charge is 0.407 e. The molecule has 1 saturated carbocycles. The third-order valence-corrected chi connectivity index (χ3v) is 5.04. The van der Waals surface area contributed by atoms with E-state index in [1.807, 2.05) is 32.9 Å². The fraction of sp³-hybridized carbons (Fsp3) is 0.722. The summed E-state index contributed by atoms with van der Waals surface area (Å²) in [6.45, 7) is 6.11. The molecule has 23 heavy (non-hydrogen) atoms. The highest BCUT2D eigenvalue weighted by Crippen LogP contribution is 2.46. The molecule has 2 rings (SSSR count). The molecule has 5 heteroatoms. The van der Waals surface area contributed by atoms with Crippen LogP contribution >= 0.6 is 11.6 Å². The fourth-order valence-corrected chi connectivity index (χ4v) is 3.72. The van der Waals surface area contributed by atoms with E-state index in [-0.39, 0.29) is 23.5 Å². The number of carbonyl (C=O) groups is 1. The van der Waals surface area contributed by atoms with Crippen molar-refractivity contribution < 1.29 is 14.6 Å². The van der Waals surface area contributed by atoms with Gasteiger partial charge in [-0.15, -0.1) is 0 Å². The van der Waals surface area contributed by atoms with E-state index >= 15 is 0 Å². The van der Waals surface area contributed by atoms with Crippen molar-refractivity contribution in [1.29, 1.82) is 0 Å². The highest BCUT2D eigenvalue weighted by Gasteiger charge is 2.41. The van der Waals surface area contributed by atoms with Gasteiger partial charge in [-0.25, -0.2) is 4.79 Å². The molecule has 0 aromatic rings. The number of rotatable bonds is 3. The normalized spacial score (nSPS) is 31.4. The number of nitrogens with one attached hydrogen (secondary N) is 1. The van der Waals surface area contributed by atoms with E-state index in [0.29, 0.717) is 6.54 Å². The molecule has 2 aliphatic rings. The maximum absolute atomic E-state index is 12.0. The second-order valence-electron chi connectivity index (χ2n) is 7.76. The molecule has 2 N–H and O–H groups in total. The molecule has 130 valence electrons. The first-order valence-electron chi connectivity index (χ1n) is 8.38. The predicted molar refractivity (Wildman–Crippen MR) is 92.3 cm³/mol. The summed E-state index contributed by atoms with van der Waals surface area (Å²) < 4.78 is 5.35. The zero-order chi connectivity index (χ0) is 17.1. The van der Waals surface area contributed by atoms with Crippen LogP contribution < -0.4 is 5.32 Å². The summed E-state index contributed by atoms with van der Waals surface area (Å²) in [6.07, 6.45) is 9.56. The highest BCUT2D eigenvalue weighted by atomic mass is 35.5. The van der Waals surface area contributed by atoms with E-state index in [9.17, 15) is 9.90 Å². The summed E-state index contributed by atoms with van der Waals surface area (Å²) >= 11 is 6.22. The number of aliphatic hydroxyl groups excluding tert-OH is 1. The molecule has 0 saturated heterocycles. The number of allylic oxidation sites excluding steroid dienone is 4. The number of hydrogen-bond donors (Lipinski definition) is 2. The maximum Gasteiger partial charge on any atom is 0.407 e. The zero-order valence-electron chi connectivity index (χ0n) is 14.3. The van der Waals surface area contributed by atoms with Gasteiger partial charge in [0, 0.05) is 11.6 Å². The van der Waals surface area contributed by atoms with Gasteiger partial charge in [-0.05, 0) is 70.3 Å². The summed E-state index contributed by atoms with van der Waals surface area (Å²) in [6, 6.07) is 0. The van der Waals surface area contributed by atoms with Gasteiger partial charge in [-0.2, -0.15) is 0 Å². The first kappa shape index (κ1) is 18.3. The average molecular weight is 342 g/mol. The van der Waals surface area contributed by atoms with Gasteiger partial charge in [0.15, 0.2) is 0 Å². The Morgan fingerprint density at radius 3 is 2.65 bits per heavy atom. The molecular formula is C18H28ClNO3. The maximum atomic E-state index is 12.0. The van der Waals surface area contributed by atoms with E-state index in [4.69, 9.17) is 16.3 Å². The lowest BCUT2D eigenvalue weighted by Gasteiger charge is -2.44. The summed E-state index contributed by atoms with van der Waals surface area (Å²) in [5.74, 6) is 0.280. The van der Waals surface area contributed by atoms with Crippen molar-refractivity contribution in [3.8, 4) is 0 Å². The molecule has 0 radical (unpaired) electrons. The third kappa shape index (κ3) is 5.25. The Morgan fingerprint density at radius 2 is 2.09 bits per heavy atom. The lowest BCUT2D eigenvalue weighted by molar-refractivity contribution is 0.0264. The van der Waals surface area contributed by atoms with Crippen LogP contribution in [-0.2, 0) is 4.74 Å². The molecule has 1 unspecified atom stereocenters. The Morgan fingerprint density at radius 1 is 1.43 bits per heavy atom. The number of ether oxygens (including phenoxy) is 1. The summed E-state index contributed by atoms with van der Waals surface area (Å²) in [7, 11) is 0. The molecule has 1 amide bonds. The summed E-state index contributed by atoms with van der Waals surface area (Å²) in [5.41, 5.74) is -0.572. The average Bonchev–Trinajstić information content (AvgIpc) is 2.45. The van der Waals surface area contributed by atoms with Gasteiger partial charge in [-0.1, -0.05) is 23.8 Å². The SMILES string of the molecule is CC(C)(C)OC(=O)NC[C@]1(C2C=CC=C(Cl)C2)CC[C@@H](O)CC1. The lowest BCUT2D eigenvalue weighted by Crippen LogP contribution is -2.46. The van der Waals surface area contributed by atoms with E-state index in [2.05, 4.69) is 11.4 Å². The molecule has 0 aliphatic heterocycles. The molecule has 4 nitrogen and oxygen atoms in total. The van der Waals surface area contributed by atoms with Gasteiger partial charge < -0.3 is 15.2 Å². The highest BCUT2D eigenvalue weighted by molar-refractivity contribution is 6.29. The molecule has 0 aromatic heterocycles. The van der Waals surface area contributed by atoms with Crippen molar-refractivity contribution in [2.75, 3.05) is 6.54 Å². The topological polar surface area (TPSA) is 58.6 Å². The Bertz CT molecular complexity index is 485. The quantitative estimate of drug-likeness (QED) is 0.811. The van der Waals surface area contributed by atoms with Crippen LogP contribution in [0.15, 0.2) is 23.3 Å². The number of alkyl carbamates (subject to hydrolysis) is 1. The van der Waals surface area contributed by atoms with Crippen molar-refractivity contribution >= 4 is 17.7 Å². The van der Waals surface area contributed by atoms with Gasteiger partial charge in [0.2, 0.25) is 0 Å². The van der Waals surface area contributed by atoms with Crippen LogP contribution in [0.25, 0.3) is 0 Å². The van der Waals surface area contributed by atoms with Crippen molar-refractivity contribution in [3.63, 3.8) is 0 Å². The van der Waals surface area contributed by atoms with Crippen LogP contribution in [0.1, 0.15) is 52.9 Å². The number of amides is 1. The molecule has 1 fully saturated rings. The number of halogens is 1. The van der Waals surface area contributed by atoms with E-state index in [0.717, 1.165) is 37.1 Å². The summed E-state index contributed by atoms with van der Waals surface area (Å²) in [5, 5.41) is 13.6. The molecule has 0 spiro atoms. The van der Waals surface area contributed by atoms with Crippen molar-refractivity contribution in [2.24, 2.45) is 11.3 Å². The zero-order valence-corrected chi connectivity index (χ0v) is 15.0. The van der Waals surface area contributed by atoms with Crippen molar-refractivity contribution in [3.05, 3.63) is 23.3 Å². The van der Waals surface area contributed by atoms with Crippen LogP contribution in [-0.4, -0.2) is 29.4 Å². The number of carbonyl (C=O) groups excluding carboxylic acids is 1. The van der Waals surface area contributed by atoms with Crippen molar-refractivity contribution in [2.45, 2.75) is 64.6 Å². The molecular weight excluding hydrogens is 314 g/mol. The van der Waals surface area contributed by atoms with Gasteiger partial charge in [0.1, 0.15) is 5.60 Å². The van der Waals surface area contributed by atoms with Crippen LogP contribution in [0.4, 0.5) is 4.79 Å². The first-order chi connectivity index (χ1) is 10.7. The standard InChI is InChI=1S/C18H28ClNO3/c1-17(2,3)23-16(22)20-12-18(9-7-15(21)8-10-18)13-5-4-6-14(19)11-13/h4-6,13,15,21H,7-12H2,1-3H3,(H,20,22)/t13?,15-,18+. The second-order valence-corrected chi connectivity index (χ2v) is 8.24. The molecule has 1 atom stereocenters. The van der Waals surface area contributed by atoms with Crippen LogP contribution in [0.2, 0.25) is 0 Å². The fourth-order valence-electron chi connectivity index (χ4n) is 3.48. The van der Waals surface area contributed by atoms with Crippen LogP contribution in [0, 0.1) is 11.3 Å². The Labute approximate surface area is 143 Å². The third-order valence-electron chi connectivity index (χ3n) is 4.76. The predicted octanol–water partition coefficient (Wildman–Crippen LogP) is 4.13. The molecule has 0 heterocycles. The van der Waals surface area contributed by atoms with Gasteiger partial charge in [-0.3, -0.25) is 0 Å². The minimum Gasteiger partial charge on any atom is -0.444 e. The molecule has 0 bridgehead atoms. The lowest BCUT2D eigenvalue weighted by atomic mass is 9.63. The largest absolute Gasteiger partial charge is 0.444 e. The Kier molecular flexibility index (Phi) is 5.79. The van der Waals surface area contributed by atoms with E-state index in [1.54, 1.807) is 0 Å². The van der Waals surface area contributed by atoms with Crippen molar-refractivity contribution in [1.82, 2.24) is 5.32 Å². The van der Waals surface area contributed by atoms with E-state index in [1.165, 1.54) is 0 Å². The Balaban J connectivity index is 2.04. The summed E-state index contributed by atoms with van der Waals surface area (Å²) in [4.78, 5) is 12.0. The van der Waals surface area contributed by atoms with Gasteiger partial charge in [0.05, 0.1) is 6.10 Å². The Hall–Kier alpha value is -1.00. The monoisotopic (exact) mass is 341 g/mol. The number of aliphatic hydroxyl groups is 1. The van der Waals surface area contributed by atoms with Gasteiger partial charge >= 0.3 is 6.09 Å².